The summed E-state index contributed by atoms with van der Waals surface area (Å²) in [6.45, 7) is 3.07. The third kappa shape index (κ3) is 4.11. The molecule has 0 aliphatic heterocycles. The maximum absolute atomic E-state index is 11.2. The van der Waals surface area contributed by atoms with Crippen molar-refractivity contribution < 1.29 is 9.59 Å². The van der Waals surface area contributed by atoms with Crippen LogP contribution in [0.5, 0.6) is 0 Å². The maximum atomic E-state index is 11.2. The lowest BCUT2D eigenvalue weighted by atomic mass is 10.1. The number of benzene rings is 2. The van der Waals surface area contributed by atoms with Gasteiger partial charge in [-0.1, -0.05) is 24.3 Å². The highest BCUT2D eigenvalue weighted by atomic mass is 16.1. The minimum Gasteiger partial charge on any atom is -0.295 e. The highest BCUT2D eigenvalue weighted by Gasteiger charge is 1.98. The second kappa shape index (κ2) is 6.61. The van der Waals surface area contributed by atoms with Crippen molar-refractivity contribution in [1.29, 1.82) is 0 Å². The van der Waals surface area contributed by atoms with E-state index in [1.807, 2.05) is 12.1 Å². The van der Waals surface area contributed by atoms with Gasteiger partial charge in [0, 0.05) is 11.1 Å². The van der Waals surface area contributed by atoms with Crippen LogP contribution in [0.2, 0.25) is 0 Å². The lowest BCUT2D eigenvalue weighted by molar-refractivity contribution is 0.100. The first-order valence-corrected chi connectivity index (χ1v) is 6.57. The molecule has 1 N–H and O–H groups in total. The smallest absolute Gasteiger partial charge is 0.159 e. The Bertz CT molecular complexity index is 671. The van der Waals surface area contributed by atoms with Crippen LogP contribution in [-0.2, 0) is 0 Å². The van der Waals surface area contributed by atoms with Gasteiger partial charge < -0.3 is 0 Å². The van der Waals surface area contributed by atoms with Crippen molar-refractivity contribution in [2.45, 2.75) is 13.8 Å². The average molecular weight is 280 g/mol. The number of anilines is 1. The van der Waals surface area contributed by atoms with Gasteiger partial charge in [-0.05, 0) is 43.7 Å². The molecule has 0 heterocycles. The Morgan fingerprint density at radius 2 is 1.33 bits per heavy atom. The van der Waals surface area contributed by atoms with Gasteiger partial charge in [0.15, 0.2) is 11.6 Å². The number of rotatable bonds is 5. The van der Waals surface area contributed by atoms with E-state index in [2.05, 4.69) is 10.5 Å². The van der Waals surface area contributed by atoms with E-state index in [0.29, 0.717) is 11.1 Å². The molecule has 0 atom stereocenters. The summed E-state index contributed by atoms with van der Waals surface area (Å²) in [5.74, 6) is 0.0813. The number of hydrogen-bond donors (Lipinski definition) is 1. The summed E-state index contributed by atoms with van der Waals surface area (Å²) < 4.78 is 0. The van der Waals surface area contributed by atoms with Crippen molar-refractivity contribution >= 4 is 23.5 Å². The van der Waals surface area contributed by atoms with Gasteiger partial charge in [-0.3, -0.25) is 15.0 Å². The summed E-state index contributed by atoms with van der Waals surface area (Å²) in [5.41, 5.74) is 5.94. The summed E-state index contributed by atoms with van der Waals surface area (Å²) in [5, 5.41) is 4.12. The SMILES string of the molecule is CC(=O)c1ccc(/C=N/Nc2ccc(C(C)=O)cc2)cc1. The molecule has 4 nitrogen and oxygen atoms in total. The average Bonchev–Trinajstić information content (AvgIpc) is 2.48. The number of nitrogens with zero attached hydrogens (tertiary/aromatic N) is 1. The highest BCUT2D eigenvalue weighted by molar-refractivity contribution is 5.95. The Kier molecular flexibility index (Phi) is 4.61. The molecule has 2 rings (SSSR count). The Morgan fingerprint density at radius 1 is 0.857 bits per heavy atom. The van der Waals surface area contributed by atoms with E-state index in [0.717, 1.165) is 11.3 Å². The van der Waals surface area contributed by atoms with Crippen LogP contribution in [0.1, 0.15) is 40.1 Å². The van der Waals surface area contributed by atoms with Crippen LogP contribution in [-0.4, -0.2) is 17.8 Å². The van der Waals surface area contributed by atoms with Crippen LogP contribution in [0.3, 0.4) is 0 Å². The van der Waals surface area contributed by atoms with E-state index in [4.69, 9.17) is 0 Å². The number of ketones is 2. The molecule has 0 saturated heterocycles. The summed E-state index contributed by atoms with van der Waals surface area (Å²) in [6, 6.07) is 14.3. The normalized spacial score (nSPS) is 10.6. The van der Waals surface area contributed by atoms with Gasteiger partial charge in [0.25, 0.3) is 0 Å². The number of carbonyl (C=O) groups excluding carboxylic acids is 2. The Morgan fingerprint density at radius 3 is 1.81 bits per heavy atom. The second-order valence-corrected chi connectivity index (χ2v) is 4.68. The number of Topliss-reactive ketones (excluding diaryl/α,β-unsaturated/α-hetero) is 2. The molecule has 4 heteroatoms. The van der Waals surface area contributed by atoms with E-state index in [1.54, 1.807) is 42.6 Å². The molecule has 2 aromatic carbocycles. The predicted octanol–water partition coefficient (Wildman–Crippen LogP) is 3.54. The molecule has 0 aromatic heterocycles. The molecule has 2 aromatic rings. The molecule has 0 aliphatic rings. The molecular formula is C17H16N2O2. The third-order valence-corrected chi connectivity index (χ3v) is 3.02. The molecule has 0 aliphatic carbocycles. The van der Waals surface area contributed by atoms with Crippen molar-refractivity contribution in [3.8, 4) is 0 Å². The quantitative estimate of drug-likeness (QED) is 0.518. The zero-order chi connectivity index (χ0) is 15.2. The van der Waals surface area contributed by atoms with Gasteiger partial charge in [-0.15, -0.1) is 0 Å². The molecule has 0 radical (unpaired) electrons. The fraction of sp³-hybridized carbons (Fsp3) is 0.118. The Hall–Kier alpha value is -2.75. The van der Waals surface area contributed by atoms with Crippen LogP contribution in [0.25, 0.3) is 0 Å². The fourth-order valence-electron chi connectivity index (χ4n) is 1.76. The number of carbonyl (C=O) groups is 2. The second-order valence-electron chi connectivity index (χ2n) is 4.68. The van der Waals surface area contributed by atoms with Gasteiger partial charge in [0.1, 0.15) is 0 Å². The zero-order valence-electron chi connectivity index (χ0n) is 12.0. The van der Waals surface area contributed by atoms with Gasteiger partial charge in [0.2, 0.25) is 0 Å². The van der Waals surface area contributed by atoms with Gasteiger partial charge in [-0.25, -0.2) is 0 Å². The Labute approximate surface area is 123 Å². The van der Waals surface area contributed by atoms with Crippen LogP contribution >= 0.6 is 0 Å². The standard InChI is InChI=1S/C17H16N2O2/c1-12(20)15-5-3-14(4-6-15)11-18-19-17-9-7-16(8-10-17)13(2)21/h3-11,19H,1-2H3/b18-11+. The number of hydrogen-bond acceptors (Lipinski definition) is 4. The molecule has 106 valence electrons. The summed E-state index contributed by atoms with van der Waals surface area (Å²) in [4.78, 5) is 22.3. The zero-order valence-corrected chi connectivity index (χ0v) is 12.0. The molecule has 0 fully saturated rings. The minimum absolute atomic E-state index is 0.0376. The van der Waals surface area contributed by atoms with E-state index >= 15 is 0 Å². The summed E-state index contributed by atoms with van der Waals surface area (Å²) >= 11 is 0. The van der Waals surface area contributed by atoms with Gasteiger partial charge in [-0.2, -0.15) is 5.10 Å². The first-order chi connectivity index (χ1) is 10.1. The molecule has 0 spiro atoms. The minimum atomic E-state index is 0.0376. The molecule has 0 bridgehead atoms. The van der Waals surface area contributed by atoms with Crippen molar-refractivity contribution in [3.05, 3.63) is 65.2 Å². The molecule has 0 unspecified atom stereocenters. The largest absolute Gasteiger partial charge is 0.295 e. The van der Waals surface area contributed by atoms with Crippen LogP contribution in [0, 0.1) is 0 Å². The highest BCUT2D eigenvalue weighted by Crippen LogP contribution is 2.10. The van der Waals surface area contributed by atoms with Crippen LogP contribution in [0.4, 0.5) is 5.69 Å². The molecular weight excluding hydrogens is 264 g/mol. The van der Waals surface area contributed by atoms with E-state index in [-0.39, 0.29) is 11.6 Å². The molecule has 0 saturated carbocycles. The fourth-order valence-corrected chi connectivity index (χ4v) is 1.76. The van der Waals surface area contributed by atoms with Crippen molar-refractivity contribution in [3.63, 3.8) is 0 Å². The van der Waals surface area contributed by atoms with Gasteiger partial charge >= 0.3 is 0 Å². The van der Waals surface area contributed by atoms with Crippen LogP contribution < -0.4 is 5.43 Å². The molecule has 0 amide bonds. The summed E-state index contributed by atoms with van der Waals surface area (Å²) in [6.07, 6.45) is 1.67. The summed E-state index contributed by atoms with van der Waals surface area (Å²) in [7, 11) is 0. The lowest BCUT2D eigenvalue weighted by Crippen LogP contribution is -1.95. The van der Waals surface area contributed by atoms with Crippen LogP contribution in [0.15, 0.2) is 53.6 Å². The Balaban J connectivity index is 1.98. The number of nitrogens with one attached hydrogen (secondary N) is 1. The molecule has 21 heavy (non-hydrogen) atoms. The first kappa shape index (κ1) is 14.7. The van der Waals surface area contributed by atoms with E-state index in [1.165, 1.54) is 13.8 Å². The van der Waals surface area contributed by atoms with Crippen molar-refractivity contribution in [2.75, 3.05) is 5.43 Å². The van der Waals surface area contributed by atoms with Gasteiger partial charge in [0.05, 0.1) is 11.9 Å². The lowest BCUT2D eigenvalue weighted by Gasteiger charge is -2.01. The van der Waals surface area contributed by atoms with E-state index in [9.17, 15) is 9.59 Å². The van der Waals surface area contributed by atoms with Crippen molar-refractivity contribution in [2.24, 2.45) is 5.10 Å². The van der Waals surface area contributed by atoms with Crippen molar-refractivity contribution in [1.82, 2.24) is 0 Å². The number of hydrazone groups is 1. The predicted molar refractivity (Wildman–Crippen MR) is 84.1 cm³/mol. The topological polar surface area (TPSA) is 58.5 Å². The maximum Gasteiger partial charge on any atom is 0.159 e. The third-order valence-electron chi connectivity index (χ3n) is 3.02. The monoisotopic (exact) mass is 280 g/mol. The van der Waals surface area contributed by atoms with E-state index < -0.39 is 0 Å². The first-order valence-electron chi connectivity index (χ1n) is 6.57.